The lowest BCUT2D eigenvalue weighted by molar-refractivity contribution is 0.185. The first-order valence-electron chi connectivity index (χ1n) is 5.53. The minimum Gasteiger partial charge on any atom is -0.380 e. The van der Waals surface area contributed by atoms with Gasteiger partial charge in [-0.05, 0) is 16.7 Å². The predicted molar refractivity (Wildman–Crippen MR) is 67.5 cm³/mol. The minimum absolute atomic E-state index is 0.326. The van der Waals surface area contributed by atoms with Gasteiger partial charge in [0.15, 0.2) is 0 Å². The van der Waals surface area contributed by atoms with Crippen molar-refractivity contribution in [2.45, 2.75) is 12.6 Å². The molecule has 0 aliphatic rings. The monoisotopic (exact) mass is 245 g/mol. The molecule has 1 N–H and O–H groups in total. The Morgan fingerprint density at radius 1 is 1.61 bits per heavy atom. The Morgan fingerprint density at radius 3 is 3.11 bits per heavy atom. The smallest absolute Gasteiger partial charge is 0.121 e. The fourth-order valence-corrected chi connectivity index (χ4v) is 1.57. The molecule has 1 rings (SSSR count). The second-order valence-corrected chi connectivity index (χ2v) is 3.65. The van der Waals surface area contributed by atoms with Gasteiger partial charge in [-0.15, -0.1) is 0 Å². The number of ether oxygens (including phenoxy) is 1. The second kappa shape index (κ2) is 8.09. The van der Waals surface area contributed by atoms with E-state index in [0.29, 0.717) is 19.7 Å². The predicted octanol–water partition coefficient (Wildman–Crippen LogP) is 2.30. The summed E-state index contributed by atoms with van der Waals surface area (Å²) in [4.78, 5) is 2.66. The molecule has 1 aromatic rings. The highest BCUT2D eigenvalue weighted by Gasteiger charge is 2.09. The highest BCUT2D eigenvalue weighted by Crippen LogP contribution is 2.14. The van der Waals surface area contributed by atoms with Gasteiger partial charge in [-0.1, -0.05) is 29.4 Å². The van der Waals surface area contributed by atoms with Gasteiger partial charge in [0, 0.05) is 25.1 Å². The minimum atomic E-state index is -0.407. The molecule has 0 saturated carbocycles. The van der Waals surface area contributed by atoms with Crippen LogP contribution in [0.3, 0.4) is 0 Å². The molecule has 94 valence electrons. The van der Waals surface area contributed by atoms with Gasteiger partial charge in [0.05, 0.1) is 12.7 Å². The van der Waals surface area contributed by atoms with E-state index in [0.717, 1.165) is 11.1 Å². The highest BCUT2D eigenvalue weighted by molar-refractivity contribution is 5.29. The van der Waals surface area contributed by atoms with Crippen LogP contribution in [0.1, 0.15) is 17.2 Å². The maximum Gasteiger partial charge on any atom is 0.121 e. The van der Waals surface area contributed by atoms with E-state index in [1.54, 1.807) is 7.11 Å². The average Bonchev–Trinajstić information content (AvgIpc) is 2.40. The summed E-state index contributed by atoms with van der Waals surface area (Å²) in [5.74, 6) is 0. The lowest BCUT2D eigenvalue weighted by Crippen LogP contribution is -2.22. The number of nitriles is 1. The summed E-state index contributed by atoms with van der Waals surface area (Å²) in [5.41, 5.74) is 10.1. The molecule has 1 unspecified atom stereocenters. The summed E-state index contributed by atoms with van der Waals surface area (Å²) in [5, 5.41) is 15.5. The fourth-order valence-electron chi connectivity index (χ4n) is 1.57. The molecule has 6 heteroatoms. The van der Waals surface area contributed by atoms with Crippen molar-refractivity contribution in [3.05, 3.63) is 45.8 Å². The van der Waals surface area contributed by atoms with E-state index in [-0.39, 0.29) is 0 Å². The summed E-state index contributed by atoms with van der Waals surface area (Å²) in [6.07, 6.45) is 0. The van der Waals surface area contributed by atoms with Crippen molar-refractivity contribution in [3.63, 3.8) is 0 Å². The van der Waals surface area contributed by atoms with E-state index in [1.165, 1.54) is 0 Å². The average molecular weight is 245 g/mol. The van der Waals surface area contributed by atoms with Gasteiger partial charge < -0.3 is 4.74 Å². The van der Waals surface area contributed by atoms with Crippen LogP contribution in [0.4, 0.5) is 0 Å². The first-order valence-corrected chi connectivity index (χ1v) is 5.53. The molecule has 18 heavy (non-hydrogen) atoms. The Kier molecular flexibility index (Phi) is 6.30. The maximum absolute atomic E-state index is 9.11. The molecule has 0 aromatic heterocycles. The van der Waals surface area contributed by atoms with Crippen LogP contribution in [0.15, 0.2) is 29.4 Å². The van der Waals surface area contributed by atoms with Crippen LogP contribution in [0.25, 0.3) is 10.4 Å². The number of benzene rings is 1. The standard InChI is InChI=1S/C12H15N5O/c1-18-9-10-3-2-4-11(7-10)12(8-13)15-5-6-16-17-14/h2-4,7,12,15H,5-6,9H2,1H3. The number of azide groups is 1. The van der Waals surface area contributed by atoms with Gasteiger partial charge in [0.2, 0.25) is 0 Å². The molecule has 0 amide bonds. The van der Waals surface area contributed by atoms with Crippen LogP contribution >= 0.6 is 0 Å². The maximum atomic E-state index is 9.11. The van der Waals surface area contributed by atoms with E-state index in [2.05, 4.69) is 21.4 Å². The zero-order valence-corrected chi connectivity index (χ0v) is 10.2. The zero-order valence-electron chi connectivity index (χ0n) is 10.2. The topological polar surface area (TPSA) is 93.8 Å². The van der Waals surface area contributed by atoms with Crippen molar-refractivity contribution in [2.75, 3.05) is 20.2 Å². The molecule has 0 aliphatic heterocycles. The zero-order chi connectivity index (χ0) is 13.2. The number of rotatable bonds is 7. The van der Waals surface area contributed by atoms with Crippen LogP contribution in [0.2, 0.25) is 0 Å². The van der Waals surface area contributed by atoms with Crippen LogP contribution in [0.5, 0.6) is 0 Å². The molecule has 0 saturated heterocycles. The van der Waals surface area contributed by atoms with Crippen LogP contribution in [0, 0.1) is 11.3 Å². The highest BCUT2D eigenvalue weighted by atomic mass is 16.5. The SMILES string of the molecule is COCc1cccc(C(C#N)NCCN=[N+]=[N-])c1. The third kappa shape index (κ3) is 4.44. The second-order valence-electron chi connectivity index (χ2n) is 3.65. The lowest BCUT2D eigenvalue weighted by Gasteiger charge is -2.12. The summed E-state index contributed by atoms with van der Waals surface area (Å²) < 4.78 is 5.05. The summed E-state index contributed by atoms with van der Waals surface area (Å²) >= 11 is 0. The number of hydrogen-bond donors (Lipinski definition) is 1. The lowest BCUT2D eigenvalue weighted by atomic mass is 10.1. The third-order valence-corrected chi connectivity index (χ3v) is 2.35. The number of methoxy groups -OCH3 is 1. The van der Waals surface area contributed by atoms with E-state index < -0.39 is 6.04 Å². The van der Waals surface area contributed by atoms with Crippen LogP contribution < -0.4 is 5.32 Å². The number of hydrogen-bond acceptors (Lipinski definition) is 4. The Labute approximate surface area is 106 Å². The molecule has 6 nitrogen and oxygen atoms in total. The van der Waals surface area contributed by atoms with Crippen molar-refractivity contribution in [3.8, 4) is 6.07 Å². The Morgan fingerprint density at radius 2 is 2.44 bits per heavy atom. The van der Waals surface area contributed by atoms with Crippen molar-refractivity contribution >= 4 is 0 Å². The van der Waals surface area contributed by atoms with Gasteiger partial charge in [-0.2, -0.15) is 5.26 Å². The molecule has 0 spiro atoms. The largest absolute Gasteiger partial charge is 0.380 e. The normalized spacial score (nSPS) is 11.3. The molecule has 1 atom stereocenters. The molecule has 0 aliphatic carbocycles. The van der Waals surface area contributed by atoms with E-state index in [9.17, 15) is 0 Å². The first-order chi connectivity index (χ1) is 8.81. The quantitative estimate of drug-likeness (QED) is 0.345. The van der Waals surface area contributed by atoms with E-state index >= 15 is 0 Å². The van der Waals surface area contributed by atoms with Gasteiger partial charge in [-0.25, -0.2) is 0 Å². The number of nitrogens with one attached hydrogen (secondary N) is 1. The molecular formula is C12H15N5O. The molecule has 1 aromatic carbocycles. The summed E-state index contributed by atoms with van der Waals surface area (Å²) in [6, 6.07) is 9.42. The van der Waals surface area contributed by atoms with Crippen molar-refractivity contribution in [1.29, 1.82) is 5.26 Å². The van der Waals surface area contributed by atoms with Crippen molar-refractivity contribution in [2.24, 2.45) is 5.11 Å². The fraction of sp³-hybridized carbons (Fsp3) is 0.417. The molecule has 0 radical (unpaired) electrons. The first kappa shape index (κ1) is 14.0. The Bertz CT molecular complexity index is 462. The molecule has 0 heterocycles. The van der Waals surface area contributed by atoms with Gasteiger partial charge in [0.25, 0.3) is 0 Å². The number of nitrogens with zero attached hydrogens (tertiary/aromatic N) is 4. The summed E-state index contributed by atoms with van der Waals surface area (Å²) in [7, 11) is 1.63. The third-order valence-electron chi connectivity index (χ3n) is 2.35. The Hall–Kier alpha value is -2.06. The molecule has 0 fully saturated rings. The Balaban J connectivity index is 2.66. The molecule has 0 bridgehead atoms. The summed E-state index contributed by atoms with van der Waals surface area (Å²) in [6.45, 7) is 1.31. The van der Waals surface area contributed by atoms with Gasteiger partial charge >= 0.3 is 0 Å². The van der Waals surface area contributed by atoms with Crippen LogP contribution in [-0.4, -0.2) is 20.2 Å². The molecular weight excluding hydrogens is 230 g/mol. The van der Waals surface area contributed by atoms with Crippen molar-refractivity contribution in [1.82, 2.24) is 5.32 Å². The van der Waals surface area contributed by atoms with Crippen molar-refractivity contribution < 1.29 is 4.74 Å². The van der Waals surface area contributed by atoms with E-state index in [1.807, 2.05) is 24.3 Å². The van der Waals surface area contributed by atoms with Gasteiger partial charge in [0.1, 0.15) is 6.04 Å². The van der Waals surface area contributed by atoms with Crippen LogP contribution in [-0.2, 0) is 11.3 Å². The van der Waals surface area contributed by atoms with Gasteiger partial charge in [-0.3, -0.25) is 5.32 Å². The van der Waals surface area contributed by atoms with E-state index in [4.69, 9.17) is 15.5 Å².